The molecule has 1 aromatic carbocycles. The predicted molar refractivity (Wildman–Crippen MR) is 119 cm³/mol. The van der Waals surface area contributed by atoms with Crippen molar-refractivity contribution in [1.29, 1.82) is 0 Å². The Labute approximate surface area is 173 Å². The first kappa shape index (κ1) is 19.8. The summed E-state index contributed by atoms with van der Waals surface area (Å²) in [5, 5.41) is 0. The van der Waals surface area contributed by atoms with E-state index in [-0.39, 0.29) is 17.3 Å². The van der Waals surface area contributed by atoms with Crippen LogP contribution in [0, 0.1) is 0 Å². The van der Waals surface area contributed by atoms with Crippen LogP contribution in [0.15, 0.2) is 44.8 Å². The number of nitrogens with zero attached hydrogens (tertiary/aromatic N) is 4. The number of benzene rings is 1. The molecule has 0 bridgehead atoms. The van der Waals surface area contributed by atoms with Crippen LogP contribution in [0.4, 0.5) is 5.82 Å². The molecule has 0 radical (unpaired) electrons. The normalized spacial score (nSPS) is 17.2. The maximum atomic E-state index is 13.2. The van der Waals surface area contributed by atoms with Gasteiger partial charge in [-0.05, 0) is 24.7 Å². The van der Waals surface area contributed by atoms with Gasteiger partial charge in [0.25, 0.3) is 5.56 Å². The molecule has 1 saturated heterocycles. The van der Waals surface area contributed by atoms with Gasteiger partial charge in [0.1, 0.15) is 11.3 Å². The molecule has 3 aromatic rings. The highest BCUT2D eigenvalue weighted by molar-refractivity contribution is 7.99. The maximum absolute atomic E-state index is 13.2. The van der Waals surface area contributed by atoms with Gasteiger partial charge in [-0.25, -0.2) is 4.79 Å². The number of piperidine rings is 1. The summed E-state index contributed by atoms with van der Waals surface area (Å²) < 4.78 is 4.87. The van der Waals surface area contributed by atoms with Crippen LogP contribution < -0.4 is 21.9 Å². The Balaban J connectivity index is 2.07. The van der Waals surface area contributed by atoms with Crippen molar-refractivity contribution in [2.24, 2.45) is 19.8 Å². The molecule has 2 aromatic heterocycles. The Morgan fingerprint density at radius 3 is 2.48 bits per heavy atom. The van der Waals surface area contributed by atoms with E-state index >= 15 is 0 Å². The lowest BCUT2D eigenvalue weighted by molar-refractivity contribution is 0.497. The number of hydrogen-bond donors (Lipinski definition) is 1. The molecule has 7 nitrogen and oxygen atoms in total. The van der Waals surface area contributed by atoms with Gasteiger partial charge in [0.05, 0.1) is 10.4 Å². The van der Waals surface area contributed by atoms with Crippen molar-refractivity contribution >= 4 is 28.6 Å². The molecular weight excluding hydrogens is 386 g/mol. The fourth-order valence-electron chi connectivity index (χ4n) is 4.29. The van der Waals surface area contributed by atoms with Crippen molar-refractivity contribution in [3.05, 3.63) is 56.7 Å². The Kier molecular flexibility index (Phi) is 5.31. The molecule has 0 aliphatic carbocycles. The summed E-state index contributed by atoms with van der Waals surface area (Å²) in [7, 11) is 3.28. The minimum absolute atomic E-state index is 0.105. The largest absolute Gasteiger partial charge is 0.355 e. The lowest BCUT2D eigenvalue weighted by Gasteiger charge is -2.34. The Morgan fingerprint density at radius 1 is 1.10 bits per heavy atom. The van der Waals surface area contributed by atoms with Gasteiger partial charge >= 0.3 is 5.69 Å². The third kappa shape index (κ3) is 3.30. The Morgan fingerprint density at radius 2 is 1.83 bits per heavy atom. The van der Waals surface area contributed by atoms with Gasteiger partial charge in [0.2, 0.25) is 0 Å². The monoisotopic (exact) mass is 413 g/mol. The van der Waals surface area contributed by atoms with E-state index in [4.69, 9.17) is 5.73 Å². The van der Waals surface area contributed by atoms with E-state index in [1.807, 2.05) is 24.5 Å². The van der Waals surface area contributed by atoms with Crippen molar-refractivity contribution < 1.29 is 0 Å². The molecule has 1 atom stereocenters. The molecule has 0 amide bonds. The summed E-state index contributed by atoms with van der Waals surface area (Å²) in [4.78, 5) is 29.1. The van der Waals surface area contributed by atoms with Crippen molar-refractivity contribution in [1.82, 2.24) is 13.7 Å². The standard InChI is InChI=1S/C21H27N5O2S/c1-23-16-17(20(27)24(2)21(23)28)26(12-14-8-5-4-6-9-14)19(18(16)29-3)25-11-7-10-15(22)13-25/h4-6,8-9,15H,7,10-13,22H2,1-3H3. The molecule has 2 N–H and O–H groups in total. The number of aromatic nitrogens is 3. The predicted octanol–water partition coefficient (Wildman–Crippen LogP) is 1.74. The number of rotatable bonds is 4. The van der Waals surface area contributed by atoms with Gasteiger partial charge in [0.15, 0.2) is 0 Å². The van der Waals surface area contributed by atoms with E-state index in [2.05, 4.69) is 21.6 Å². The molecule has 0 spiro atoms. The molecular formula is C21H27N5O2S. The van der Waals surface area contributed by atoms with Crippen molar-refractivity contribution in [2.45, 2.75) is 30.3 Å². The number of nitrogens with two attached hydrogens (primary N) is 1. The van der Waals surface area contributed by atoms with Gasteiger partial charge in [-0.3, -0.25) is 13.9 Å². The second-order valence-electron chi connectivity index (χ2n) is 7.68. The van der Waals surface area contributed by atoms with E-state index in [9.17, 15) is 9.59 Å². The molecule has 1 fully saturated rings. The van der Waals surface area contributed by atoms with Gasteiger partial charge < -0.3 is 15.2 Å². The van der Waals surface area contributed by atoms with Crippen LogP contribution in [0.3, 0.4) is 0 Å². The zero-order chi connectivity index (χ0) is 20.7. The first-order chi connectivity index (χ1) is 13.9. The van der Waals surface area contributed by atoms with Crippen LogP contribution in [0.1, 0.15) is 18.4 Å². The van der Waals surface area contributed by atoms with E-state index in [1.54, 1.807) is 30.4 Å². The van der Waals surface area contributed by atoms with Crippen LogP contribution in [-0.4, -0.2) is 39.1 Å². The molecule has 4 rings (SSSR count). The average molecular weight is 414 g/mol. The maximum Gasteiger partial charge on any atom is 0.331 e. The molecule has 8 heteroatoms. The Hall–Kier alpha value is -2.45. The van der Waals surface area contributed by atoms with Crippen LogP contribution in [0.2, 0.25) is 0 Å². The van der Waals surface area contributed by atoms with Crippen molar-refractivity contribution in [3.8, 4) is 0 Å². The molecule has 1 unspecified atom stereocenters. The number of hydrogen-bond acceptors (Lipinski definition) is 5. The van der Waals surface area contributed by atoms with Crippen LogP contribution in [-0.2, 0) is 20.6 Å². The minimum atomic E-state index is -0.309. The summed E-state index contributed by atoms with van der Waals surface area (Å²) in [6.07, 6.45) is 4.01. The zero-order valence-corrected chi connectivity index (χ0v) is 17.9. The highest BCUT2D eigenvalue weighted by atomic mass is 32.2. The summed E-state index contributed by atoms with van der Waals surface area (Å²) in [5.41, 5.74) is 8.09. The molecule has 1 aliphatic heterocycles. The third-order valence-electron chi connectivity index (χ3n) is 5.73. The Bertz CT molecular complexity index is 1160. The lowest BCUT2D eigenvalue weighted by atomic mass is 10.1. The first-order valence-electron chi connectivity index (χ1n) is 9.84. The van der Waals surface area contributed by atoms with Crippen molar-refractivity contribution in [3.63, 3.8) is 0 Å². The summed E-state index contributed by atoms with van der Waals surface area (Å²) in [5.74, 6) is 0.991. The van der Waals surface area contributed by atoms with E-state index < -0.39 is 0 Å². The van der Waals surface area contributed by atoms with E-state index in [0.29, 0.717) is 17.6 Å². The minimum Gasteiger partial charge on any atom is -0.355 e. The number of anilines is 1. The highest BCUT2D eigenvalue weighted by Gasteiger charge is 2.29. The van der Waals surface area contributed by atoms with Crippen LogP contribution in [0.5, 0.6) is 0 Å². The fourth-order valence-corrected chi connectivity index (χ4v) is 5.14. The topological polar surface area (TPSA) is 78.2 Å². The quantitative estimate of drug-likeness (QED) is 0.659. The summed E-state index contributed by atoms with van der Waals surface area (Å²) in [6, 6.07) is 10.2. The number of aryl methyl sites for hydroxylation is 1. The lowest BCUT2D eigenvalue weighted by Crippen LogP contribution is -2.44. The van der Waals surface area contributed by atoms with E-state index in [0.717, 1.165) is 42.2 Å². The average Bonchev–Trinajstić information content (AvgIpc) is 3.05. The number of thioether (sulfide) groups is 1. The molecule has 0 saturated carbocycles. The summed E-state index contributed by atoms with van der Waals surface area (Å²) >= 11 is 1.58. The summed E-state index contributed by atoms with van der Waals surface area (Å²) in [6.45, 7) is 2.19. The second kappa shape index (κ2) is 7.76. The van der Waals surface area contributed by atoms with Gasteiger partial charge in [-0.15, -0.1) is 11.8 Å². The number of fused-ring (bicyclic) bond motifs is 1. The van der Waals surface area contributed by atoms with E-state index in [1.165, 1.54) is 4.57 Å². The third-order valence-corrected chi connectivity index (χ3v) is 6.51. The molecule has 154 valence electrons. The molecule has 1 aliphatic rings. The highest BCUT2D eigenvalue weighted by Crippen LogP contribution is 2.38. The molecule has 3 heterocycles. The smallest absolute Gasteiger partial charge is 0.331 e. The zero-order valence-electron chi connectivity index (χ0n) is 17.1. The molecule has 29 heavy (non-hydrogen) atoms. The van der Waals surface area contributed by atoms with Gasteiger partial charge in [-0.1, -0.05) is 30.3 Å². The van der Waals surface area contributed by atoms with Crippen LogP contribution in [0.25, 0.3) is 11.0 Å². The SMILES string of the molecule is CSc1c(N2CCCC(N)C2)n(Cc2ccccc2)c2c(=O)n(C)c(=O)n(C)c12. The van der Waals surface area contributed by atoms with Gasteiger partial charge in [-0.2, -0.15) is 0 Å². The second-order valence-corrected chi connectivity index (χ2v) is 8.50. The van der Waals surface area contributed by atoms with Gasteiger partial charge in [0, 0.05) is 39.8 Å². The fraction of sp³-hybridized carbons (Fsp3) is 0.429. The first-order valence-corrected chi connectivity index (χ1v) is 11.1. The van der Waals surface area contributed by atoms with Crippen LogP contribution >= 0.6 is 11.8 Å². The van der Waals surface area contributed by atoms with Crippen molar-refractivity contribution in [2.75, 3.05) is 24.2 Å².